The molecule has 19 nitrogen and oxygen atoms in total. The number of amides is 7. The normalized spacial score (nSPS) is 15.5. The molecule has 11 N–H and O–H groups in total. The van der Waals surface area contributed by atoms with Crippen LogP contribution in [0.3, 0.4) is 0 Å². The van der Waals surface area contributed by atoms with E-state index in [1.165, 1.54) is 32.9 Å². The first kappa shape index (κ1) is 57.4. The van der Waals surface area contributed by atoms with Crippen molar-refractivity contribution in [3.63, 3.8) is 0 Å². The summed E-state index contributed by atoms with van der Waals surface area (Å²) in [6.07, 6.45) is 4.37. The SMILES string of the molecule is CC1NC(=O)CN(C)C(=O)CNC(=O)CNC(=O)C(Cc2ccc3ccccc3c2)NC1=O.CCCN=CN.CCCNC(=O)CNC(=O)COCCC.CN.Cc1ccc(O)cc1. The van der Waals surface area contributed by atoms with Crippen LogP contribution in [0.5, 0.6) is 5.75 Å². The molecule has 1 aliphatic rings. The minimum absolute atomic E-state index is 0.0221. The molecule has 64 heavy (non-hydrogen) atoms. The van der Waals surface area contributed by atoms with Gasteiger partial charge in [-0.05, 0) is 68.6 Å². The second kappa shape index (κ2) is 34.9. The van der Waals surface area contributed by atoms with Crippen molar-refractivity contribution in [3.8, 4) is 5.75 Å². The molecule has 0 saturated carbocycles. The summed E-state index contributed by atoms with van der Waals surface area (Å²) in [5.74, 6) is -2.78. The quantitative estimate of drug-likeness (QED) is 0.0696. The predicted octanol–water partition coefficient (Wildman–Crippen LogP) is 0.791. The molecule has 4 rings (SSSR count). The Morgan fingerprint density at radius 3 is 2.11 bits per heavy atom. The smallest absolute Gasteiger partial charge is 0.246 e. The lowest BCUT2D eigenvalue weighted by atomic mass is 10.0. The topological polar surface area (TPSA) is 289 Å². The average Bonchev–Trinajstić information content (AvgIpc) is 3.29. The number of rotatable bonds is 12. The first-order valence-electron chi connectivity index (χ1n) is 21.1. The molecule has 2 unspecified atom stereocenters. The number of aliphatic imine (C=N–C) groups is 1. The van der Waals surface area contributed by atoms with Crippen molar-refractivity contribution in [1.29, 1.82) is 0 Å². The maximum absolute atomic E-state index is 12.8. The van der Waals surface area contributed by atoms with E-state index < -0.39 is 41.6 Å². The van der Waals surface area contributed by atoms with Crippen molar-refractivity contribution in [2.75, 3.05) is 66.6 Å². The van der Waals surface area contributed by atoms with E-state index in [1.54, 1.807) is 12.1 Å². The van der Waals surface area contributed by atoms with Crippen molar-refractivity contribution in [2.45, 2.75) is 72.4 Å². The van der Waals surface area contributed by atoms with Gasteiger partial charge in [0.1, 0.15) is 24.4 Å². The third-order valence-corrected chi connectivity index (χ3v) is 8.42. The molecule has 0 aliphatic carbocycles. The molecule has 19 heteroatoms. The number of ether oxygens (including phenoxy) is 1. The average molecular weight is 895 g/mol. The van der Waals surface area contributed by atoms with E-state index >= 15 is 0 Å². The van der Waals surface area contributed by atoms with Crippen LogP contribution in [0.4, 0.5) is 0 Å². The monoisotopic (exact) mass is 895 g/mol. The lowest BCUT2D eigenvalue weighted by molar-refractivity contribution is -0.136. The number of nitrogens with two attached hydrogens (primary N) is 2. The summed E-state index contributed by atoms with van der Waals surface area (Å²) in [6, 6.07) is 18.7. The number of likely N-dealkylation sites (N-methyl/N-ethyl adjacent to an activating group) is 1. The van der Waals surface area contributed by atoms with E-state index in [0.29, 0.717) is 18.9 Å². The Hall–Kier alpha value is -6.60. The standard InChI is InChI=1S/C23H27N5O5.C10H20N2O3.C7H8O.C4H10N2.CH5N/c1-14-22(32)27-18(10-15-7-8-16-5-3-4-6-17(16)9-15)23(33)25-11-19(29)24-12-21(31)28(2)13-20(30)26-14;1-3-5-11-9(13)7-12-10(14)8-15-6-4-2;1-6-2-4-7(8)5-3-6;1-2-3-6-4-5;1-2/h3-9,14,18H,10-13H2,1-2H3,(H,24,29)(H,25,33)(H,26,30)(H,27,32);3-8H2,1-2H3,(H,11,13)(H,12,14);2-5,8H,1H3;4H,2-3H2,1H3,(H2,5,6);2H2,1H3. The highest BCUT2D eigenvalue weighted by molar-refractivity contribution is 5.95. The molecule has 7 amide bonds. The Morgan fingerprint density at radius 2 is 1.52 bits per heavy atom. The van der Waals surface area contributed by atoms with Crippen molar-refractivity contribution in [3.05, 3.63) is 77.9 Å². The number of hydrogen-bond acceptors (Lipinski definition) is 11. The van der Waals surface area contributed by atoms with Crippen molar-refractivity contribution in [2.24, 2.45) is 16.5 Å². The first-order valence-corrected chi connectivity index (χ1v) is 21.1. The number of aromatic hydroxyl groups is 1. The van der Waals surface area contributed by atoms with Crippen LogP contribution in [0.1, 0.15) is 58.1 Å². The summed E-state index contributed by atoms with van der Waals surface area (Å²) < 4.78 is 5.01. The fourth-order valence-corrected chi connectivity index (χ4v) is 5.04. The molecule has 0 spiro atoms. The molecule has 3 aromatic rings. The molecule has 2 atom stereocenters. The van der Waals surface area contributed by atoms with Gasteiger partial charge in [-0.25, -0.2) is 0 Å². The van der Waals surface area contributed by atoms with E-state index in [2.05, 4.69) is 49.6 Å². The number of carbonyl (C=O) groups excluding carboxylic acids is 7. The number of nitrogens with one attached hydrogen (secondary N) is 6. The van der Waals surface area contributed by atoms with Crippen LogP contribution in [-0.4, -0.2) is 136 Å². The Labute approximate surface area is 376 Å². The summed E-state index contributed by atoms with van der Waals surface area (Å²) in [4.78, 5) is 88.9. The first-order chi connectivity index (χ1) is 30.6. The zero-order valence-corrected chi connectivity index (χ0v) is 38.3. The van der Waals surface area contributed by atoms with Crippen LogP contribution in [0.2, 0.25) is 0 Å². The Balaban J connectivity index is 0.00000105. The van der Waals surface area contributed by atoms with Gasteiger partial charge >= 0.3 is 0 Å². The van der Waals surface area contributed by atoms with Crippen LogP contribution in [0.15, 0.2) is 71.7 Å². The number of hydrogen-bond donors (Lipinski definition) is 9. The minimum Gasteiger partial charge on any atom is -0.508 e. The van der Waals surface area contributed by atoms with Crippen LogP contribution in [0, 0.1) is 6.92 Å². The highest BCUT2D eigenvalue weighted by atomic mass is 16.5. The number of fused-ring (bicyclic) bond motifs is 1. The molecule has 0 bridgehead atoms. The molecular weight excluding hydrogens is 825 g/mol. The van der Waals surface area contributed by atoms with Crippen molar-refractivity contribution < 1.29 is 43.4 Å². The summed E-state index contributed by atoms with van der Waals surface area (Å²) in [5, 5.41) is 26.0. The Kier molecular flexibility index (Phi) is 31.3. The highest BCUT2D eigenvalue weighted by Gasteiger charge is 2.26. The maximum Gasteiger partial charge on any atom is 0.246 e. The maximum atomic E-state index is 12.8. The highest BCUT2D eigenvalue weighted by Crippen LogP contribution is 2.17. The van der Waals surface area contributed by atoms with E-state index in [4.69, 9.17) is 15.6 Å². The van der Waals surface area contributed by atoms with Crippen LogP contribution in [-0.2, 0) is 44.7 Å². The lowest BCUT2D eigenvalue weighted by Gasteiger charge is -2.22. The molecule has 1 saturated heterocycles. The number of phenols is 1. The number of carbonyl (C=O) groups is 7. The van der Waals surface area contributed by atoms with E-state index in [1.807, 2.05) is 75.4 Å². The van der Waals surface area contributed by atoms with Gasteiger partial charge in [-0.2, -0.15) is 0 Å². The van der Waals surface area contributed by atoms with E-state index in [0.717, 1.165) is 47.0 Å². The predicted molar refractivity (Wildman–Crippen MR) is 249 cm³/mol. The third-order valence-electron chi connectivity index (χ3n) is 8.42. The van der Waals surface area contributed by atoms with Gasteiger partial charge in [0.25, 0.3) is 0 Å². The lowest BCUT2D eigenvalue weighted by Crippen LogP contribution is -2.54. The zero-order chi connectivity index (χ0) is 48.3. The number of aryl methyl sites for hydroxylation is 1. The van der Waals surface area contributed by atoms with E-state index in [9.17, 15) is 33.6 Å². The second-order valence-electron chi connectivity index (χ2n) is 14.1. The molecule has 1 fully saturated rings. The van der Waals surface area contributed by atoms with Crippen LogP contribution >= 0.6 is 0 Å². The van der Waals surface area contributed by atoms with Gasteiger partial charge in [-0.15, -0.1) is 0 Å². The van der Waals surface area contributed by atoms with Gasteiger partial charge in [-0.3, -0.25) is 38.6 Å². The molecule has 0 aromatic heterocycles. The summed E-state index contributed by atoms with van der Waals surface area (Å²) in [7, 11) is 2.91. The van der Waals surface area contributed by atoms with E-state index in [-0.39, 0.29) is 51.0 Å². The van der Waals surface area contributed by atoms with Gasteiger partial charge in [0, 0.05) is 33.2 Å². The molecule has 3 aromatic carbocycles. The van der Waals surface area contributed by atoms with Gasteiger partial charge < -0.3 is 58.1 Å². The fraction of sp³-hybridized carbons (Fsp3) is 0.467. The summed E-state index contributed by atoms with van der Waals surface area (Å²) in [6.45, 7) is 10.6. The summed E-state index contributed by atoms with van der Waals surface area (Å²) in [5.41, 5.74) is 11.4. The molecule has 0 radical (unpaired) electrons. The molecule has 1 heterocycles. The fourth-order valence-electron chi connectivity index (χ4n) is 5.04. The van der Waals surface area contributed by atoms with Gasteiger partial charge in [0.05, 0.1) is 32.5 Å². The number of nitrogens with zero attached hydrogens (tertiary/aromatic N) is 2. The van der Waals surface area contributed by atoms with Crippen LogP contribution < -0.4 is 43.4 Å². The zero-order valence-electron chi connectivity index (χ0n) is 38.3. The van der Waals surface area contributed by atoms with Crippen LogP contribution in [0.25, 0.3) is 10.8 Å². The summed E-state index contributed by atoms with van der Waals surface area (Å²) >= 11 is 0. The number of phenolic OH excluding ortho intramolecular Hbond substituents is 1. The third kappa shape index (κ3) is 26.7. The molecular formula is C45H70N10O9. The Morgan fingerprint density at radius 1 is 0.844 bits per heavy atom. The Bertz CT molecular complexity index is 1870. The second-order valence-corrected chi connectivity index (χ2v) is 14.1. The van der Waals surface area contributed by atoms with Gasteiger partial charge in [0.2, 0.25) is 41.4 Å². The van der Waals surface area contributed by atoms with Crippen molar-refractivity contribution >= 4 is 58.5 Å². The number of benzene rings is 3. The minimum atomic E-state index is -0.972. The largest absolute Gasteiger partial charge is 0.508 e. The van der Waals surface area contributed by atoms with Gasteiger partial charge in [-0.1, -0.05) is 80.9 Å². The van der Waals surface area contributed by atoms with Crippen molar-refractivity contribution in [1.82, 2.24) is 36.8 Å². The molecule has 1 aliphatic heterocycles. The van der Waals surface area contributed by atoms with Gasteiger partial charge in [0.15, 0.2) is 0 Å². The molecule has 354 valence electrons.